The lowest BCUT2D eigenvalue weighted by Gasteiger charge is -2.17. The van der Waals surface area contributed by atoms with Gasteiger partial charge in [0.15, 0.2) is 6.29 Å². The number of methoxy groups -OCH3 is 2. The van der Waals surface area contributed by atoms with Gasteiger partial charge in [-0.2, -0.15) is 5.26 Å². The monoisotopic (exact) mass is 352 g/mol. The van der Waals surface area contributed by atoms with Crippen LogP contribution in [0.15, 0.2) is 23.9 Å². The molecule has 1 rings (SSSR count). The molecule has 142 valence electrons. The van der Waals surface area contributed by atoms with Gasteiger partial charge in [0, 0.05) is 40.5 Å². The first-order valence-corrected chi connectivity index (χ1v) is 9.05. The molecule has 0 amide bonds. The predicted octanol–water partition coefficient (Wildman–Crippen LogP) is 2.87. The molecule has 0 radical (unpaired) electrons. The summed E-state index contributed by atoms with van der Waals surface area (Å²) < 4.78 is 21.3. The van der Waals surface area contributed by atoms with E-state index in [1.54, 1.807) is 13.2 Å². The molecule has 1 saturated heterocycles. The average molecular weight is 352 g/mol. The molecule has 1 heterocycles. The topological polar surface area (TPSA) is 64.0 Å². The van der Waals surface area contributed by atoms with Crippen molar-refractivity contribution < 1.29 is 18.9 Å². The molecule has 0 aromatic heterocycles. The van der Waals surface area contributed by atoms with Crippen LogP contribution in [0.3, 0.4) is 0 Å². The third-order valence-corrected chi connectivity index (χ3v) is 3.94. The Kier molecular flexibility index (Phi) is 12.9. The van der Waals surface area contributed by atoms with Gasteiger partial charge >= 0.3 is 0 Å². The number of hydrogen-bond donors (Lipinski definition) is 0. The zero-order chi connectivity index (χ0) is 18.2. The van der Waals surface area contributed by atoms with Gasteiger partial charge in [-0.3, -0.25) is 0 Å². The van der Waals surface area contributed by atoms with E-state index >= 15 is 0 Å². The fraction of sp³-hybridized carbons (Fsp3) is 0.737. The van der Waals surface area contributed by atoms with Crippen LogP contribution >= 0.6 is 0 Å². The van der Waals surface area contributed by atoms with E-state index in [0.29, 0.717) is 32.0 Å². The Morgan fingerprint density at radius 2 is 1.84 bits per heavy atom. The molecule has 0 aliphatic carbocycles. The molecule has 0 saturated carbocycles. The third-order valence-electron chi connectivity index (χ3n) is 3.94. The van der Waals surface area contributed by atoms with E-state index < -0.39 is 6.29 Å². The summed E-state index contributed by atoms with van der Waals surface area (Å²) in [6.45, 7) is 4.32. The number of ether oxygens (including phenoxy) is 4. The molecule has 1 unspecified atom stereocenters. The van der Waals surface area contributed by atoms with E-state index in [-0.39, 0.29) is 0 Å². The van der Waals surface area contributed by atoms with Crippen molar-refractivity contribution in [2.45, 2.75) is 38.4 Å². The number of allylic oxidation sites excluding steroid dienone is 2. The first-order chi connectivity index (χ1) is 12.3. The van der Waals surface area contributed by atoms with Crippen LogP contribution in [0.2, 0.25) is 0 Å². The van der Waals surface area contributed by atoms with Gasteiger partial charge in [-0.25, -0.2) is 0 Å². The molecule has 1 atom stereocenters. The Bertz CT molecular complexity index is 424. The Labute approximate surface area is 152 Å². The summed E-state index contributed by atoms with van der Waals surface area (Å²) in [6.07, 6.45) is 11.0. The van der Waals surface area contributed by atoms with Crippen LogP contribution in [0.1, 0.15) is 32.1 Å². The van der Waals surface area contributed by atoms with Crippen molar-refractivity contribution in [2.75, 3.05) is 53.7 Å². The number of rotatable bonds is 12. The van der Waals surface area contributed by atoms with Crippen LogP contribution in [-0.2, 0) is 18.9 Å². The van der Waals surface area contributed by atoms with Gasteiger partial charge in [-0.05, 0) is 37.6 Å². The minimum Gasteiger partial charge on any atom is -0.385 e. The van der Waals surface area contributed by atoms with E-state index in [1.807, 2.05) is 12.3 Å². The van der Waals surface area contributed by atoms with E-state index in [0.717, 1.165) is 19.5 Å². The smallest absolute Gasteiger partial charge is 0.193 e. The van der Waals surface area contributed by atoms with Gasteiger partial charge < -0.3 is 23.8 Å². The maximum Gasteiger partial charge on any atom is 0.193 e. The number of nitriles is 1. The summed E-state index contributed by atoms with van der Waals surface area (Å²) in [5, 5.41) is 9.34. The van der Waals surface area contributed by atoms with E-state index in [2.05, 4.69) is 11.0 Å². The first-order valence-electron chi connectivity index (χ1n) is 9.05. The van der Waals surface area contributed by atoms with Crippen LogP contribution in [0.5, 0.6) is 0 Å². The molecule has 0 bridgehead atoms. The summed E-state index contributed by atoms with van der Waals surface area (Å²) in [4.78, 5) is 2.30. The number of nitrogens with zero attached hydrogens (tertiary/aromatic N) is 2. The van der Waals surface area contributed by atoms with Gasteiger partial charge in [0.1, 0.15) is 6.07 Å². The maximum absolute atomic E-state index is 9.34. The highest BCUT2D eigenvalue weighted by Crippen LogP contribution is 2.11. The average Bonchev–Trinajstić information content (AvgIpc) is 2.91. The summed E-state index contributed by atoms with van der Waals surface area (Å²) in [6, 6.07) is 2.16. The molecule has 1 aliphatic rings. The lowest BCUT2D eigenvalue weighted by Crippen LogP contribution is -2.20. The van der Waals surface area contributed by atoms with Crippen LogP contribution in [0.4, 0.5) is 0 Å². The normalized spacial score (nSPS) is 17.5. The highest BCUT2D eigenvalue weighted by molar-refractivity contribution is 5.28. The minimum atomic E-state index is -0.665. The van der Waals surface area contributed by atoms with Crippen molar-refractivity contribution in [1.29, 1.82) is 5.26 Å². The minimum absolute atomic E-state index is 0.375. The largest absolute Gasteiger partial charge is 0.385 e. The Morgan fingerprint density at radius 1 is 1.08 bits per heavy atom. The molecule has 1 fully saturated rings. The van der Waals surface area contributed by atoms with Crippen molar-refractivity contribution in [3.8, 4) is 6.07 Å². The predicted molar refractivity (Wildman–Crippen MR) is 96.9 cm³/mol. The Balaban J connectivity index is 2.36. The van der Waals surface area contributed by atoms with Gasteiger partial charge in [0.2, 0.25) is 0 Å². The van der Waals surface area contributed by atoms with E-state index in [9.17, 15) is 5.26 Å². The fourth-order valence-corrected chi connectivity index (χ4v) is 2.59. The van der Waals surface area contributed by atoms with Gasteiger partial charge in [0.25, 0.3) is 0 Å². The molecule has 0 spiro atoms. The summed E-state index contributed by atoms with van der Waals surface area (Å²) in [5.74, 6) is 0. The number of hydrogen-bond acceptors (Lipinski definition) is 6. The summed E-state index contributed by atoms with van der Waals surface area (Å²) >= 11 is 0. The van der Waals surface area contributed by atoms with Crippen LogP contribution in [-0.4, -0.2) is 64.9 Å². The lowest BCUT2D eigenvalue weighted by molar-refractivity contribution is -0.108. The van der Waals surface area contributed by atoms with Crippen molar-refractivity contribution in [3.63, 3.8) is 0 Å². The quantitative estimate of drug-likeness (QED) is 0.233. The lowest BCUT2D eigenvalue weighted by atomic mass is 10.2. The van der Waals surface area contributed by atoms with E-state index in [1.165, 1.54) is 32.8 Å². The SMILES string of the molecule is COCCCOCCOC(OC)/C(C#N)=C/C=C/N1CCCCCC1. The molecule has 6 nitrogen and oxygen atoms in total. The molecule has 0 N–H and O–H groups in total. The van der Waals surface area contributed by atoms with Crippen LogP contribution in [0.25, 0.3) is 0 Å². The van der Waals surface area contributed by atoms with Crippen LogP contribution < -0.4 is 0 Å². The molecule has 1 aliphatic heterocycles. The standard InChI is InChI=1S/C19H32N2O4/c1-22-13-8-14-24-15-16-25-19(23-2)18(17-20)9-7-12-21-10-5-3-4-6-11-21/h7,9,12,19H,3-6,8,10-11,13-16H2,1-2H3/b12-7+,18-9+. The fourth-order valence-electron chi connectivity index (χ4n) is 2.59. The highest BCUT2D eigenvalue weighted by Gasteiger charge is 2.13. The van der Waals surface area contributed by atoms with Gasteiger partial charge in [-0.15, -0.1) is 0 Å². The molecule has 6 heteroatoms. The molecule has 25 heavy (non-hydrogen) atoms. The second-order valence-corrected chi connectivity index (χ2v) is 5.92. The van der Waals surface area contributed by atoms with Gasteiger partial charge in [0.05, 0.1) is 18.8 Å². The van der Waals surface area contributed by atoms with Crippen molar-refractivity contribution >= 4 is 0 Å². The molecular weight excluding hydrogens is 320 g/mol. The molecule has 0 aromatic rings. The van der Waals surface area contributed by atoms with Gasteiger partial charge in [-0.1, -0.05) is 12.8 Å². The Hall–Kier alpha value is -1.39. The second kappa shape index (κ2) is 14.9. The second-order valence-electron chi connectivity index (χ2n) is 5.92. The summed E-state index contributed by atoms with van der Waals surface area (Å²) in [5.41, 5.74) is 0.452. The summed E-state index contributed by atoms with van der Waals surface area (Å²) in [7, 11) is 3.21. The van der Waals surface area contributed by atoms with Crippen LogP contribution in [0, 0.1) is 11.3 Å². The van der Waals surface area contributed by atoms with Crippen molar-refractivity contribution in [2.24, 2.45) is 0 Å². The molecule has 0 aromatic carbocycles. The Morgan fingerprint density at radius 3 is 2.48 bits per heavy atom. The number of likely N-dealkylation sites (tertiary alicyclic amines) is 1. The molecular formula is C19H32N2O4. The zero-order valence-corrected chi connectivity index (χ0v) is 15.6. The zero-order valence-electron chi connectivity index (χ0n) is 15.6. The van der Waals surface area contributed by atoms with E-state index in [4.69, 9.17) is 18.9 Å². The van der Waals surface area contributed by atoms with Crippen molar-refractivity contribution in [1.82, 2.24) is 4.90 Å². The maximum atomic E-state index is 9.34. The highest BCUT2D eigenvalue weighted by atomic mass is 16.7. The first kappa shape index (κ1) is 21.7. The van der Waals surface area contributed by atoms with Crippen molar-refractivity contribution in [3.05, 3.63) is 23.9 Å². The third kappa shape index (κ3) is 10.3.